The summed E-state index contributed by atoms with van der Waals surface area (Å²) < 4.78 is 5.02. The highest BCUT2D eigenvalue weighted by Crippen LogP contribution is 2.58. The second kappa shape index (κ2) is 4.21. The van der Waals surface area contributed by atoms with Crippen LogP contribution in [0.3, 0.4) is 0 Å². The van der Waals surface area contributed by atoms with E-state index in [-0.39, 0.29) is 29.8 Å². The molecule has 2 atom stereocenters. The predicted molar refractivity (Wildman–Crippen MR) is 54.3 cm³/mol. The van der Waals surface area contributed by atoms with Gasteiger partial charge in [0.1, 0.15) is 0 Å². The van der Waals surface area contributed by atoms with Crippen LogP contribution >= 0.6 is 0 Å². The highest BCUT2D eigenvalue weighted by Gasteiger charge is 2.62. The van der Waals surface area contributed by atoms with Gasteiger partial charge < -0.3 is 9.84 Å². The summed E-state index contributed by atoms with van der Waals surface area (Å²) in [5, 5.41) is 8.89. The van der Waals surface area contributed by atoms with Crippen LogP contribution in [0.2, 0.25) is 0 Å². The third-order valence-corrected chi connectivity index (χ3v) is 3.19. The largest absolute Gasteiger partial charge is 0.481 e. The topological polar surface area (TPSA) is 63.6 Å². The first-order chi connectivity index (χ1) is 6.91. The van der Waals surface area contributed by atoms with Gasteiger partial charge in [-0.2, -0.15) is 0 Å². The molecule has 15 heavy (non-hydrogen) atoms. The standard InChI is InChI=1S/C11H18O4/c1-4-5-8(12)15-6-7-9(10(13)14)11(7,2)3/h7,9H,4-6H2,1-3H3,(H,13,14). The summed E-state index contributed by atoms with van der Waals surface area (Å²) in [6, 6.07) is 0. The lowest BCUT2D eigenvalue weighted by atomic mass is 10.1. The minimum Gasteiger partial charge on any atom is -0.481 e. The molecular weight excluding hydrogens is 196 g/mol. The molecule has 4 heteroatoms. The predicted octanol–water partition coefficient (Wildman–Crippen LogP) is 1.69. The fraction of sp³-hybridized carbons (Fsp3) is 0.818. The van der Waals surface area contributed by atoms with Gasteiger partial charge in [0.05, 0.1) is 12.5 Å². The Morgan fingerprint density at radius 3 is 2.40 bits per heavy atom. The number of hydrogen-bond donors (Lipinski definition) is 1. The van der Waals surface area contributed by atoms with E-state index in [0.717, 1.165) is 6.42 Å². The molecule has 86 valence electrons. The molecule has 0 aromatic rings. The molecule has 4 nitrogen and oxygen atoms in total. The van der Waals surface area contributed by atoms with Crippen molar-refractivity contribution in [2.75, 3.05) is 6.61 Å². The van der Waals surface area contributed by atoms with Crippen LogP contribution in [-0.4, -0.2) is 23.7 Å². The van der Waals surface area contributed by atoms with Gasteiger partial charge in [-0.3, -0.25) is 9.59 Å². The number of hydrogen-bond acceptors (Lipinski definition) is 3. The summed E-state index contributed by atoms with van der Waals surface area (Å²) in [6.07, 6.45) is 1.17. The van der Waals surface area contributed by atoms with Crippen molar-refractivity contribution in [3.63, 3.8) is 0 Å². The number of ether oxygens (including phenoxy) is 1. The number of rotatable bonds is 5. The molecule has 0 aromatic carbocycles. The molecule has 0 amide bonds. The maximum atomic E-state index is 11.1. The van der Waals surface area contributed by atoms with Crippen LogP contribution in [0.25, 0.3) is 0 Å². The summed E-state index contributed by atoms with van der Waals surface area (Å²) >= 11 is 0. The van der Waals surface area contributed by atoms with Crippen molar-refractivity contribution in [1.29, 1.82) is 0 Å². The smallest absolute Gasteiger partial charge is 0.307 e. The van der Waals surface area contributed by atoms with Gasteiger partial charge in [-0.25, -0.2) is 0 Å². The maximum Gasteiger partial charge on any atom is 0.307 e. The molecule has 0 saturated heterocycles. The van der Waals surface area contributed by atoms with E-state index in [1.165, 1.54) is 0 Å². The SMILES string of the molecule is CCCC(=O)OCC1C(C(=O)O)C1(C)C. The Bertz CT molecular complexity index is 270. The minimum absolute atomic E-state index is 0.0317. The summed E-state index contributed by atoms with van der Waals surface area (Å²) in [6.45, 7) is 5.93. The second-order valence-electron chi connectivity index (χ2n) is 4.68. The zero-order valence-corrected chi connectivity index (χ0v) is 9.45. The first kappa shape index (κ1) is 12.0. The molecule has 0 heterocycles. The van der Waals surface area contributed by atoms with E-state index in [4.69, 9.17) is 9.84 Å². The van der Waals surface area contributed by atoms with Crippen LogP contribution in [0.1, 0.15) is 33.6 Å². The average Bonchev–Trinajstić information content (AvgIpc) is 2.65. The molecule has 0 bridgehead atoms. The zero-order valence-electron chi connectivity index (χ0n) is 9.45. The molecule has 1 fully saturated rings. The van der Waals surface area contributed by atoms with Crippen molar-refractivity contribution in [2.45, 2.75) is 33.6 Å². The molecule has 1 aliphatic carbocycles. The normalized spacial score (nSPS) is 27.1. The highest BCUT2D eigenvalue weighted by atomic mass is 16.5. The number of carboxylic acid groups (broad SMARTS) is 1. The van der Waals surface area contributed by atoms with Crippen LogP contribution in [0.5, 0.6) is 0 Å². The number of esters is 1. The third-order valence-electron chi connectivity index (χ3n) is 3.19. The molecule has 2 unspecified atom stereocenters. The first-order valence-electron chi connectivity index (χ1n) is 5.29. The van der Waals surface area contributed by atoms with E-state index in [0.29, 0.717) is 6.42 Å². The van der Waals surface area contributed by atoms with Crippen molar-refractivity contribution >= 4 is 11.9 Å². The van der Waals surface area contributed by atoms with Crippen molar-refractivity contribution in [3.8, 4) is 0 Å². The summed E-state index contributed by atoms with van der Waals surface area (Å²) in [4.78, 5) is 21.9. The third kappa shape index (κ3) is 2.49. The molecule has 0 radical (unpaired) electrons. The van der Waals surface area contributed by atoms with Crippen LogP contribution in [0.4, 0.5) is 0 Å². The van der Waals surface area contributed by atoms with Crippen LogP contribution in [-0.2, 0) is 14.3 Å². The molecule has 1 saturated carbocycles. The fourth-order valence-electron chi connectivity index (χ4n) is 2.00. The van der Waals surface area contributed by atoms with E-state index in [1.807, 2.05) is 20.8 Å². The summed E-state index contributed by atoms with van der Waals surface area (Å²) in [5.41, 5.74) is -0.238. The van der Waals surface area contributed by atoms with Gasteiger partial charge in [0.15, 0.2) is 0 Å². The molecule has 0 aliphatic heterocycles. The Labute approximate surface area is 89.6 Å². The second-order valence-corrected chi connectivity index (χ2v) is 4.68. The van der Waals surface area contributed by atoms with E-state index < -0.39 is 5.97 Å². The quantitative estimate of drug-likeness (QED) is 0.707. The van der Waals surface area contributed by atoms with Crippen LogP contribution in [0.15, 0.2) is 0 Å². The fourth-order valence-corrected chi connectivity index (χ4v) is 2.00. The van der Waals surface area contributed by atoms with E-state index >= 15 is 0 Å². The lowest BCUT2D eigenvalue weighted by molar-refractivity contribution is -0.145. The van der Waals surface area contributed by atoms with Crippen LogP contribution < -0.4 is 0 Å². The Hall–Kier alpha value is -1.06. The van der Waals surface area contributed by atoms with E-state index in [1.54, 1.807) is 0 Å². The lowest BCUT2D eigenvalue weighted by Gasteiger charge is -2.04. The number of carboxylic acids is 1. The maximum absolute atomic E-state index is 11.1. The molecule has 1 rings (SSSR count). The molecule has 1 aliphatic rings. The lowest BCUT2D eigenvalue weighted by Crippen LogP contribution is -2.09. The van der Waals surface area contributed by atoms with Crippen molar-refractivity contribution < 1.29 is 19.4 Å². The van der Waals surface area contributed by atoms with Crippen LogP contribution in [0, 0.1) is 17.3 Å². The van der Waals surface area contributed by atoms with E-state index in [2.05, 4.69) is 0 Å². The van der Waals surface area contributed by atoms with E-state index in [9.17, 15) is 9.59 Å². The van der Waals surface area contributed by atoms with Gasteiger partial charge in [0, 0.05) is 12.3 Å². The monoisotopic (exact) mass is 214 g/mol. The number of aliphatic carboxylic acids is 1. The Kier molecular flexibility index (Phi) is 3.37. The van der Waals surface area contributed by atoms with Gasteiger partial charge in [0.2, 0.25) is 0 Å². The Morgan fingerprint density at radius 2 is 2.00 bits per heavy atom. The highest BCUT2D eigenvalue weighted by molar-refractivity contribution is 5.75. The number of carbonyl (C=O) groups excluding carboxylic acids is 1. The van der Waals surface area contributed by atoms with Gasteiger partial charge in [0.25, 0.3) is 0 Å². The van der Waals surface area contributed by atoms with Crippen molar-refractivity contribution in [3.05, 3.63) is 0 Å². The molecule has 1 N–H and O–H groups in total. The van der Waals surface area contributed by atoms with Gasteiger partial charge in [-0.05, 0) is 11.8 Å². The van der Waals surface area contributed by atoms with Gasteiger partial charge in [-0.15, -0.1) is 0 Å². The molecular formula is C11H18O4. The Morgan fingerprint density at radius 1 is 1.40 bits per heavy atom. The van der Waals surface area contributed by atoms with Gasteiger partial charge in [-0.1, -0.05) is 20.8 Å². The Balaban J connectivity index is 2.36. The minimum atomic E-state index is -0.795. The number of carbonyl (C=O) groups is 2. The summed E-state index contributed by atoms with van der Waals surface area (Å²) in [5.74, 6) is -1.43. The van der Waals surface area contributed by atoms with Crippen molar-refractivity contribution in [2.24, 2.45) is 17.3 Å². The molecule has 0 aromatic heterocycles. The molecule has 0 spiro atoms. The summed E-state index contributed by atoms with van der Waals surface area (Å²) in [7, 11) is 0. The first-order valence-corrected chi connectivity index (χ1v) is 5.29. The van der Waals surface area contributed by atoms with Crippen molar-refractivity contribution in [1.82, 2.24) is 0 Å². The van der Waals surface area contributed by atoms with Gasteiger partial charge >= 0.3 is 11.9 Å². The zero-order chi connectivity index (χ0) is 11.6. The average molecular weight is 214 g/mol.